The maximum absolute atomic E-state index is 15.3. The SMILES string of the molecule is COCCN(C)Cc1cc(-c2cc(-c3cc4c(cc3F)C(=O)NCC4)c(N)nc2F)ccc1C1CCOCC1. The third kappa shape index (κ3) is 5.80. The number of likely N-dealkylation sites (N-methyl/N-ethyl adjacent to an activating group) is 1. The number of benzene rings is 2. The van der Waals surface area contributed by atoms with Crippen molar-refractivity contribution in [1.29, 1.82) is 0 Å². The van der Waals surface area contributed by atoms with Gasteiger partial charge < -0.3 is 20.5 Å². The number of hydrogen-bond acceptors (Lipinski definition) is 6. The minimum Gasteiger partial charge on any atom is -0.383 e. The van der Waals surface area contributed by atoms with Gasteiger partial charge >= 0.3 is 0 Å². The molecular weight excluding hydrogens is 502 g/mol. The summed E-state index contributed by atoms with van der Waals surface area (Å²) in [6.45, 7) is 3.95. The Hall–Kier alpha value is -3.40. The predicted molar refractivity (Wildman–Crippen MR) is 146 cm³/mol. The van der Waals surface area contributed by atoms with Gasteiger partial charge in [-0.2, -0.15) is 4.39 Å². The zero-order chi connectivity index (χ0) is 27.5. The number of rotatable bonds is 8. The summed E-state index contributed by atoms with van der Waals surface area (Å²) in [4.78, 5) is 18.3. The standard InChI is InChI=1S/C30H34F2N4O3/c1-36(9-12-38-2)17-21-13-19(3-4-22(21)18-6-10-39-11-7-18)23-15-26(29(33)35-28(23)32)25-14-20-5-8-34-30(37)24(20)16-27(25)31/h3-4,13-16,18H,5-12,17H2,1-2H3,(H2,33,35)(H,34,37). The summed E-state index contributed by atoms with van der Waals surface area (Å²) in [5.41, 5.74) is 10.9. The first-order valence-corrected chi connectivity index (χ1v) is 13.3. The minimum atomic E-state index is -0.716. The Balaban J connectivity index is 1.56. The molecule has 0 atom stereocenters. The molecule has 0 radical (unpaired) electrons. The molecule has 9 heteroatoms. The lowest BCUT2D eigenvalue weighted by atomic mass is 9.86. The number of ether oxygens (including phenoxy) is 2. The van der Waals surface area contributed by atoms with Gasteiger partial charge in [0.05, 0.1) is 6.61 Å². The molecule has 7 nitrogen and oxygen atoms in total. The summed E-state index contributed by atoms with van der Waals surface area (Å²) < 4.78 is 41.3. The Morgan fingerprint density at radius 3 is 2.67 bits per heavy atom. The van der Waals surface area contributed by atoms with E-state index < -0.39 is 11.8 Å². The van der Waals surface area contributed by atoms with Crippen LogP contribution in [0.2, 0.25) is 0 Å². The Bertz CT molecular complexity index is 1370. The van der Waals surface area contributed by atoms with Crippen LogP contribution in [0.3, 0.4) is 0 Å². The number of carbonyl (C=O) groups excluding carboxylic acids is 1. The van der Waals surface area contributed by atoms with Crippen molar-refractivity contribution in [2.45, 2.75) is 31.7 Å². The number of nitrogens with zero attached hydrogens (tertiary/aromatic N) is 2. The number of anilines is 1. The molecule has 1 amide bonds. The van der Waals surface area contributed by atoms with Crippen LogP contribution in [0.4, 0.5) is 14.6 Å². The number of carbonyl (C=O) groups is 1. The van der Waals surface area contributed by atoms with Gasteiger partial charge in [-0.15, -0.1) is 0 Å². The number of aromatic nitrogens is 1. The van der Waals surface area contributed by atoms with Crippen molar-refractivity contribution in [3.63, 3.8) is 0 Å². The number of halogens is 2. The number of pyridine rings is 1. The summed E-state index contributed by atoms with van der Waals surface area (Å²) in [6.07, 6.45) is 2.45. The van der Waals surface area contributed by atoms with E-state index in [0.717, 1.165) is 43.7 Å². The van der Waals surface area contributed by atoms with Gasteiger partial charge in [-0.1, -0.05) is 12.1 Å². The number of amides is 1. The van der Waals surface area contributed by atoms with E-state index in [1.807, 2.05) is 19.2 Å². The van der Waals surface area contributed by atoms with Crippen LogP contribution in [0.25, 0.3) is 22.3 Å². The highest BCUT2D eigenvalue weighted by molar-refractivity contribution is 5.97. The van der Waals surface area contributed by atoms with E-state index in [9.17, 15) is 4.79 Å². The fraction of sp³-hybridized carbons (Fsp3) is 0.400. The van der Waals surface area contributed by atoms with Gasteiger partial charge in [0.25, 0.3) is 5.91 Å². The van der Waals surface area contributed by atoms with Gasteiger partial charge in [0.1, 0.15) is 11.6 Å². The van der Waals surface area contributed by atoms with Gasteiger partial charge in [-0.3, -0.25) is 9.69 Å². The molecule has 3 aromatic rings. The molecule has 0 unspecified atom stereocenters. The molecule has 0 bridgehead atoms. The average molecular weight is 537 g/mol. The Morgan fingerprint density at radius 2 is 1.90 bits per heavy atom. The fourth-order valence-corrected chi connectivity index (χ4v) is 5.50. The monoisotopic (exact) mass is 536 g/mol. The minimum absolute atomic E-state index is 0.103. The first-order chi connectivity index (χ1) is 18.9. The second-order valence-electron chi connectivity index (χ2n) is 10.3. The molecule has 2 aliphatic heterocycles. The predicted octanol–water partition coefficient (Wildman–Crippen LogP) is 4.53. The number of hydrogen-bond donors (Lipinski definition) is 2. The average Bonchev–Trinajstić information content (AvgIpc) is 2.93. The number of nitrogen functional groups attached to an aromatic ring is 1. The van der Waals surface area contributed by atoms with Gasteiger partial charge in [0.15, 0.2) is 0 Å². The molecule has 1 saturated heterocycles. The molecule has 2 aliphatic rings. The van der Waals surface area contributed by atoms with Crippen molar-refractivity contribution < 1.29 is 23.0 Å². The largest absolute Gasteiger partial charge is 0.383 e. The normalized spacial score (nSPS) is 15.9. The van der Waals surface area contributed by atoms with Crippen molar-refractivity contribution in [2.75, 3.05) is 52.8 Å². The third-order valence-electron chi connectivity index (χ3n) is 7.65. The first kappa shape index (κ1) is 27.2. The van der Waals surface area contributed by atoms with Gasteiger partial charge in [0.2, 0.25) is 5.95 Å². The maximum Gasteiger partial charge on any atom is 0.251 e. The highest BCUT2D eigenvalue weighted by atomic mass is 19.1. The van der Waals surface area contributed by atoms with Crippen LogP contribution in [0, 0.1) is 11.8 Å². The van der Waals surface area contributed by atoms with Gasteiger partial charge in [0, 0.05) is 62.2 Å². The molecule has 1 fully saturated rings. The lowest BCUT2D eigenvalue weighted by molar-refractivity contribution is 0.0849. The summed E-state index contributed by atoms with van der Waals surface area (Å²) in [5, 5.41) is 2.72. The van der Waals surface area contributed by atoms with E-state index in [0.29, 0.717) is 48.7 Å². The second-order valence-corrected chi connectivity index (χ2v) is 10.3. The van der Waals surface area contributed by atoms with E-state index in [1.165, 1.54) is 11.6 Å². The highest BCUT2D eigenvalue weighted by Crippen LogP contribution is 2.37. The van der Waals surface area contributed by atoms with E-state index in [-0.39, 0.29) is 22.9 Å². The van der Waals surface area contributed by atoms with E-state index in [2.05, 4.69) is 21.3 Å². The quantitative estimate of drug-likeness (QED) is 0.411. The van der Waals surface area contributed by atoms with Crippen LogP contribution < -0.4 is 11.1 Å². The summed E-state index contributed by atoms with van der Waals surface area (Å²) in [7, 11) is 3.71. The molecule has 1 aromatic heterocycles. The molecule has 206 valence electrons. The van der Waals surface area contributed by atoms with E-state index >= 15 is 8.78 Å². The molecule has 2 aromatic carbocycles. The molecule has 0 saturated carbocycles. The number of fused-ring (bicyclic) bond motifs is 1. The fourth-order valence-electron chi connectivity index (χ4n) is 5.50. The Morgan fingerprint density at radius 1 is 1.10 bits per heavy atom. The smallest absolute Gasteiger partial charge is 0.251 e. The van der Waals surface area contributed by atoms with Crippen LogP contribution in [0.15, 0.2) is 36.4 Å². The molecule has 3 heterocycles. The van der Waals surface area contributed by atoms with Crippen LogP contribution in [-0.2, 0) is 22.4 Å². The van der Waals surface area contributed by atoms with E-state index in [1.54, 1.807) is 19.2 Å². The van der Waals surface area contributed by atoms with Crippen molar-refractivity contribution in [3.8, 4) is 22.3 Å². The zero-order valence-electron chi connectivity index (χ0n) is 22.4. The Labute approximate surface area is 227 Å². The molecule has 0 aliphatic carbocycles. The highest BCUT2D eigenvalue weighted by Gasteiger charge is 2.24. The van der Waals surface area contributed by atoms with Crippen LogP contribution in [0.5, 0.6) is 0 Å². The van der Waals surface area contributed by atoms with E-state index in [4.69, 9.17) is 15.2 Å². The third-order valence-corrected chi connectivity index (χ3v) is 7.65. The number of methoxy groups -OCH3 is 1. The Kier molecular flexibility index (Phi) is 8.20. The first-order valence-electron chi connectivity index (χ1n) is 13.3. The maximum atomic E-state index is 15.3. The van der Waals surface area contributed by atoms with Crippen LogP contribution >= 0.6 is 0 Å². The zero-order valence-corrected chi connectivity index (χ0v) is 22.4. The molecular formula is C30H34F2N4O3. The number of nitrogens with two attached hydrogens (primary N) is 1. The molecule has 39 heavy (non-hydrogen) atoms. The van der Waals surface area contributed by atoms with Gasteiger partial charge in [-0.05, 0) is 78.7 Å². The lowest BCUT2D eigenvalue weighted by Crippen LogP contribution is -2.32. The van der Waals surface area contributed by atoms with Crippen LogP contribution in [-0.4, -0.2) is 62.9 Å². The van der Waals surface area contributed by atoms with Crippen molar-refractivity contribution >= 4 is 11.7 Å². The molecule has 3 N–H and O–H groups in total. The summed E-state index contributed by atoms with van der Waals surface area (Å²) >= 11 is 0. The molecule has 5 rings (SSSR count). The van der Waals surface area contributed by atoms with Crippen LogP contribution in [0.1, 0.15) is 45.8 Å². The summed E-state index contributed by atoms with van der Waals surface area (Å²) in [6, 6.07) is 10.4. The second kappa shape index (κ2) is 11.8. The van der Waals surface area contributed by atoms with Crippen molar-refractivity contribution in [1.82, 2.24) is 15.2 Å². The van der Waals surface area contributed by atoms with Gasteiger partial charge in [-0.25, -0.2) is 9.37 Å². The summed E-state index contributed by atoms with van der Waals surface area (Å²) in [5.74, 6) is -1.36. The van der Waals surface area contributed by atoms with Crippen molar-refractivity contribution in [3.05, 3.63) is 70.4 Å². The number of nitrogens with one attached hydrogen (secondary N) is 1. The molecule has 0 spiro atoms. The van der Waals surface area contributed by atoms with Crippen molar-refractivity contribution in [2.24, 2.45) is 0 Å². The topological polar surface area (TPSA) is 89.7 Å². The lowest BCUT2D eigenvalue weighted by Gasteiger charge is -2.27.